The average Bonchev–Trinajstić information content (AvgIpc) is 3.27. The Morgan fingerprint density at radius 2 is 1.89 bits per heavy atom. The molecule has 1 aliphatic heterocycles. The Hall–Kier alpha value is -3.80. The number of imidazole rings is 1. The number of hydrogen-bond acceptors (Lipinski definition) is 7. The molecule has 0 aliphatic carbocycles. The van der Waals surface area contributed by atoms with Gasteiger partial charge >= 0.3 is 6.18 Å². The van der Waals surface area contributed by atoms with Crippen LogP contribution in [-0.2, 0) is 11.0 Å². The maximum absolute atomic E-state index is 13.3. The third-order valence-electron chi connectivity index (χ3n) is 6.29. The lowest BCUT2D eigenvalue weighted by Gasteiger charge is -2.33. The summed E-state index contributed by atoms with van der Waals surface area (Å²) in [6.45, 7) is 2.44. The Balaban J connectivity index is 1.55. The number of aliphatic hydroxyl groups excluding tert-OH is 1. The van der Waals surface area contributed by atoms with Crippen LogP contribution in [0.15, 0.2) is 36.9 Å². The highest BCUT2D eigenvalue weighted by molar-refractivity contribution is 6.00. The number of carbonyl (C=O) groups is 1. The Morgan fingerprint density at radius 1 is 1.14 bits per heavy atom. The molecule has 0 saturated carbocycles. The van der Waals surface area contributed by atoms with Crippen LogP contribution in [-0.4, -0.2) is 59.6 Å². The fraction of sp³-hybridized carbons (Fsp3) is 0.348. The molecule has 12 heteroatoms. The largest absolute Gasteiger partial charge is 0.419 e. The van der Waals surface area contributed by atoms with Crippen LogP contribution in [0.2, 0.25) is 0 Å². The first-order valence-corrected chi connectivity index (χ1v) is 11.1. The molecule has 0 bridgehead atoms. The molecular formula is C23H22F3N7O2. The zero-order valence-electron chi connectivity index (χ0n) is 18.7. The summed E-state index contributed by atoms with van der Waals surface area (Å²) in [6, 6.07) is 4.26. The van der Waals surface area contributed by atoms with Crippen molar-refractivity contribution in [3.8, 4) is 11.3 Å². The maximum atomic E-state index is 13.3. The molecule has 0 aromatic carbocycles. The summed E-state index contributed by atoms with van der Waals surface area (Å²) in [5, 5.41) is 9.58. The van der Waals surface area contributed by atoms with Crippen LogP contribution in [0.3, 0.4) is 0 Å². The number of nitrogens with two attached hydrogens (primary N) is 1. The highest BCUT2D eigenvalue weighted by Crippen LogP contribution is 2.36. The van der Waals surface area contributed by atoms with Crippen LogP contribution < -0.4 is 5.73 Å². The normalized spacial score (nSPS) is 16.2. The fourth-order valence-electron chi connectivity index (χ4n) is 4.48. The van der Waals surface area contributed by atoms with E-state index < -0.39 is 23.7 Å². The van der Waals surface area contributed by atoms with E-state index in [9.17, 15) is 23.1 Å². The molecule has 0 radical (unpaired) electrons. The van der Waals surface area contributed by atoms with E-state index in [-0.39, 0.29) is 17.5 Å². The molecule has 5 rings (SSSR count). The third kappa shape index (κ3) is 4.14. The first-order chi connectivity index (χ1) is 16.6. The number of piperidine rings is 1. The summed E-state index contributed by atoms with van der Waals surface area (Å²) in [6.07, 6.45) is 0.227. The number of amides is 1. The highest BCUT2D eigenvalue weighted by atomic mass is 19.4. The standard InChI is InChI=1S/C23H22F3N7O2/c1-12(34)22(35)32-6-4-14(5-7-32)33-11-30-18-10-28-17-3-2-16(31-19(17)20(18)33)13-8-15(23(24,25)26)21(27)29-9-13/h2-3,8-12,14,34H,4-7H2,1H3,(H2,27,29)/t12-/m0/s1. The second kappa shape index (κ2) is 8.45. The lowest BCUT2D eigenvalue weighted by atomic mass is 10.0. The summed E-state index contributed by atoms with van der Waals surface area (Å²) >= 11 is 0. The van der Waals surface area contributed by atoms with Gasteiger partial charge in [-0.2, -0.15) is 13.2 Å². The summed E-state index contributed by atoms with van der Waals surface area (Å²) < 4.78 is 42.0. The van der Waals surface area contributed by atoms with Crippen molar-refractivity contribution in [2.24, 2.45) is 0 Å². The number of rotatable bonds is 3. The Bertz CT molecular complexity index is 1430. The van der Waals surface area contributed by atoms with Crippen molar-refractivity contribution in [3.63, 3.8) is 0 Å². The van der Waals surface area contributed by atoms with E-state index in [0.29, 0.717) is 48.2 Å². The third-order valence-corrected chi connectivity index (χ3v) is 6.29. The summed E-state index contributed by atoms with van der Waals surface area (Å²) in [4.78, 5) is 31.0. The minimum Gasteiger partial charge on any atom is -0.384 e. The fourth-order valence-corrected chi connectivity index (χ4v) is 4.48. The van der Waals surface area contributed by atoms with Crippen molar-refractivity contribution < 1.29 is 23.1 Å². The second-order valence-electron chi connectivity index (χ2n) is 8.60. The van der Waals surface area contributed by atoms with Crippen LogP contribution in [0, 0.1) is 0 Å². The molecule has 1 aliphatic rings. The summed E-state index contributed by atoms with van der Waals surface area (Å²) in [5.41, 5.74) is 7.31. The SMILES string of the molecule is C[C@H](O)C(=O)N1CCC(n2cnc3cnc4ccc(-c5cnc(N)c(C(F)(F)F)c5)nc4c32)CC1. The van der Waals surface area contributed by atoms with E-state index >= 15 is 0 Å². The van der Waals surface area contributed by atoms with Gasteiger partial charge in [-0.1, -0.05) is 0 Å². The highest BCUT2D eigenvalue weighted by Gasteiger charge is 2.34. The number of pyridine rings is 3. The Kier molecular flexibility index (Phi) is 5.55. The monoisotopic (exact) mass is 485 g/mol. The van der Waals surface area contributed by atoms with Gasteiger partial charge in [-0.05, 0) is 38.0 Å². The smallest absolute Gasteiger partial charge is 0.384 e. The number of aliphatic hydroxyl groups is 1. The number of nitrogen functional groups attached to an aromatic ring is 1. The van der Waals surface area contributed by atoms with Crippen LogP contribution in [0.4, 0.5) is 19.0 Å². The second-order valence-corrected chi connectivity index (χ2v) is 8.60. The minimum absolute atomic E-state index is 0.0316. The van der Waals surface area contributed by atoms with Gasteiger partial charge in [0.25, 0.3) is 5.91 Å². The Labute approximate surface area is 197 Å². The number of hydrogen-bond donors (Lipinski definition) is 2. The van der Waals surface area contributed by atoms with Crippen LogP contribution in [0.1, 0.15) is 31.4 Å². The number of aromatic nitrogens is 5. The number of carbonyl (C=O) groups excluding carboxylic acids is 1. The number of nitrogens with zero attached hydrogens (tertiary/aromatic N) is 6. The molecule has 182 valence electrons. The van der Waals surface area contributed by atoms with Crippen molar-refractivity contribution in [1.82, 2.24) is 29.4 Å². The summed E-state index contributed by atoms with van der Waals surface area (Å²) in [7, 11) is 0. The molecule has 1 saturated heterocycles. The van der Waals surface area contributed by atoms with Gasteiger partial charge in [-0.25, -0.2) is 15.0 Å². The van der Waals surface area contributed by atoms with Crippen molar-refractivity contribution in [3.05, 3.63) is 42.5 Å². The van der Waals surface area contributed by atoms with Gasteiger partial charge in [0, 0.05) is 30.9 Å². The van der Waals surface area contributed by atoms with Gasteiger partial charge in [0.1, 0.15) is 23.0 Å². The van der Waals surface area contributed by atoms with Crippen molar-refractivity contribution in [2.45, 2.75) is 38.1 Å². The van der Waals surface area contributed by atoms with Gasteiger partial charge in [0.2, 0.25) is 0 Å². The van der Waals surface area contributed by atoms with E-state index in [0.717, 1.165) is 11.6 Å². The maximum Gasteiger partial charge on any atom is 0.419 e. The van der Waals surface area contributed by atoms with Crippen LogP contribution in [0.5, 0.6) is 0 Å². The zero-order chi connectivity index (χ0) is 24.9. The minimum atomic E-state index is -4.64. The van der Waals surface area contributed by atoms with Gasteiger partial charge in [-0.15, -0.1) is 0 Å². The number of alkyl halides is 3. The molecule has 4 aromatic heterocycles. The van der Waals surface area contributed by atoms with Crippen LogP contribution in [0.25, 0.3) is 33.3 Å². The van der Waals surface area contributed by atoms with Crippen molar-refractivity contribution in [2.75, 3.05) is 18.8 Å². The van der Waals surface area contributed by atoms with Crippen LogP contribution >= 0.6 is 0 Å². The molecule has 5 heterocycles. The predicted molar refractivity (Wildman–Crippen MR) is 122 cm³/mol. The first kappa shape index (κ1) is 23.0. The molecule has 35 heavy (non-hydrogen) atoms. The molecule has 9 nitrogen and oxygen atoms in total. The molecule has 1 atom stereocenters. The van der Waals surface area contributed by atoms with Gasteiger partial charge in [0.15, 0.2) is 0 Å². The van der Waals surface area contributed by atoms with Gasteiger partial charge < -0.3 is 20.3 Å². The van der Waals surface area contributed by atoms with E-state index in [4.69, 9.17) is 5.73 Å². The quantitative estimate of drug-likeness (QED) is 0.457. The topological polar surface area (TPSA) is 123 Å². The predicted octanol–water partition coefficient (Wildman–Crippen LogP) is 3.19. The molecule has 1 fully saturated rings. The first-order valence-electron chi connectivity index (χ1n) is 11.1. The molecule has 1 amide bonds. The van der Waals surface area contributed by atoms with E-state index in [1.54, 1.807) is 29.6 Å². The Morgan fingerprint density at radius 3 is 2.57 bits per heavy atom. The number of fused-ring (bicyclic) bond motifs is 3. The van der Waals surface area contributed by atoms with E-state index in [1.807, 2.05) is 4.57 Å². The number of halogens is 3. The molecule has 0 unspecified atom stereocenters. The van der Waals surface area contributed by atoms with E-state index in [2.05, 4.69) is 19.9 Å². The molecule has 4 aromatic rings. The molecular weight excluding hydrogens is 463 g/mol. The van der Waals surface area contributed by atoms with Crippen molar-refractivity contribution in [1.29, 1.82) is 0 Å². The number of likely N-dealkylation sites (tertiary alicyclic amines) is 1. The zero-order valence-corrected chi connectivity index (χ0v) is 18.7. The van der Waals surface area contributed by atoms with Gasteiger partial charge in [0.05, 0.1) is 34.8 Å². The van der Waals surface area contributed by atoms with Crippen molar-refractivity contribution >= 4 is 33.8 Å². The lowest BCUT2D eigenvalue weighted by Crippen LogP contribution is -2.43. The summed E-state index contributed by atoms with van der Waals surface area (Å²) in [5.74, 6) is -0.889. The lowest BCUT2D eigenvalue weighted by molar-refractivity contribution is -0.140. The average molecular weight is 485 g/mol. The molecule has 3 N–H and O–H groups in total. The number of anilines is 1. The molecule has 0 spiro atoms. The van der Waals surface area contributed by atoms with Gasteiger partial charge in [-0.3, -0.25) is 9.78 Å². The van der Waals surface area contributed by atoms with E-state index in [1.165, 1.54) is 13.1 Å².